The molecule has 2 aliphatic rings. The third-order valence-electron chi connectivity index (χ3n) is 7.48. The van der Waals surface area contributed by atoms with Crippen molar-refractivity contribution in [1.29, 1.82) is 0 Å². The van der Waals surface area contributed by atoms with Crippen molar-refractivity contribution in [2.24, 2.45) is 0 Å². The monoisotopic (exact) mass is 542 g/mol. The zero-order chi connectivity index (χ0) is 27.5. The summed E-state index contributed by atoms with van der Waals surface area (Å²) < 4.78 is 29.1. The summed E-state index contributed by atoms with van der Waals surface area (Å²) in [5, 5.41) is 13.7. The number of anilines is 1. The number of piperidine rings is 1. The minimum Gasteiger partial charge on any atom is -0.490 e. The summed E-state index contributed by atoms with van der Waals surface area (Å²) in [7, 11) is 3.33. The van der Waals surface area contributed by atoms with Crippen LogP contribution < -0.4 is 15.0 Å². The molecule has 8 nitrogen and oxygen atoms in total. The van der Waals surface area contributed by atoms with Crippen molar-refractivity contribution in [3.8, 4) is 5.75 Å². The molecular formula is C31H46N2O6. The van der Waals surface area contributed by atoms with E-state index < -0.39 is 6.10 Å². The molecule has 4 atom stereocenters. The van der Waals surface area contributed by atoms with Gasteiger partial charge in [0.15, 0.2) is 0 Å². The second-order valence-corrected chi connectivity index (χ2v) is 10.5. The molecule has 0 spiro atoms. The van der Waals surface area contributed by atoms with Crippen molar-refractivity contribution in [1.82, 2.24) is 5.32 Å². The van der Waals surface area contributed by atoms with E-state index in [1.165, 1.54) is 11.1 Å². The Morgan fingerprint density at radius 3 is 2.51 bits per heavy atom. The highest BCUT2D eigenvalue weighted by atomic mass is 16.5. The normalized spacial score (nSPS) is 21.8. The van der Waals surface area contributed by atoms with Crippen LogP contribution in [0.25, 0.3) is 0 Å². The fourth-order valence-corrected chi connectivity index (χ4v) is 5.53. The summed E-state index contributed by atoms with van der Waals surface area (Å²) in [6.45, 7) is 7.86. The highest BCUT2D eigenvalue weighted by Crippen LogP contribution is 2.34. The Morgan fingerprint density at radius 1 is 1.00 bits per heavy atom. The zero-order valence-corrected chi connectivity index (χ0v) is 23.8. The van der Waals surface area contributed by atoms with Gasteiger partial charge in [-0.2, -0.15) is 0 Å². The SMILES string of the molecule is CCCc1ccc([C@@H]2[C@@H](OCc3ccc4c(c3)N(CCCOC)CCO4)CNC[C@H]2OC[C@H](O)COC)cc1. The van der Waals surface area contributed by atoms with Crippen LogP contribution in [0.5, 0.6) is 5.75 Å². The lowest BCUT2D eigenvalue weighted by molar-refractivity contribution is -0.0856. The molecule has 39 heavy (non-hydrogen) atoms. The molecule has 0 bridgehead atoms. The maximum Gasteiger partial charge on any atom is 0.142 e. The number of rotatable bonds is 15. The van der Waals surface area contributed by atoms with E-state index in [-0.39, 0.29) is 31.3 Å². The summed E-state index contributed by atoms with van der Waals surface area (Å²) in [5.41, 5.74) is 4.78. The lowest BCUT2D eigenvalue weighted by Crippen LogP contribution is -2.51. The fourth-order valence-electron chi connectivity index (χ4n) is 5.53. The van der Waals surface area contributed by atoms with Crippen molar-refractivity contribution in [3.63, 3.8) is 0 Å². The van der Waals surface area contributed by atoms with Crippen molar-refractivity contribution in [3.05, 3.63) is 59.2 Å². The summed E-state index contributed by atoms with van der Waals surface area (Å²) in [6.07, 6.45) is 2.31. The summed E-state index contributed by atoms with van der Waals surface area (Å²) in [4.78, 5) is 2.37. The minimum atomic E-state index is -0.659. The molecular weight excluding hydrogens is 496 g/mol. The van der Waals surface area contributed by atoms with Crippen molar-refractivity contribution in [2.75, 3.05) is 71.7 Å². The van der Waals surface area contributed by atoms with E-state index in [9.17, 15) is 5.11 Å². The van der Waals surface area contributed by atoms with E-state index in [1.54, 1.807) is 14.2 Å². The van der Waals surface area contributed by atoms with Crippen LogP contribution in [0.3, 0.4) is 0 Å². The number of ether oxygens (including phenoxy) is 5. The zero-order valence-electron chi connectivity index (χ0n) is 23.8. The molecule has 0 saturated carbocycles. The van der Waals surface area contributed by atoms with Crippen LogP contribution in [-0.4, -0.2) is 90.2 Å². The molecule has 1 fully saturated rings. The van der Waals surface area contributed by atoms with Crippen LogP contribution in [0.1, 0.15) is 42.4 Å². The average Bonchev–Trinajstić information content (AvgIpc) is 2.96. The van der Waals surface area contributed by atoms with Gasteiger partial charge in [0, 0.05) is 46.4 Å². The van der Waals surface area contributed by atoms with Crippen LogP contribution in [-0.2, 0) is 32.0 Å². The van der Waals surface area contributed by atoms with E-state index in [0.29, 0.717) is 19.8 Å². The van der Waals surface area contributed by atoms with Crippen LogP contribution >= 0.6 is 0 Å². The van der Waals surface area contributed by atoms with Crippen LogP contribution in [0.15, 0.2) is 42.5 Å². The van der Waals surface area contributed by atoms with Gasteiger partial charge in [0.25, 0.3) is 0 Å². The number of hydrogen-bond donors (Lipinski definition) is 2. The van der Waals surface area contributed by atoms with Gasteiger partial charge in [-0.1, -0.05) is 43.7 Å². The third kappa shape index (κ3) is 8.39. The first-order chi connectivity index (χ1) is 19.1. The van der Waals surface area contributed by atoms with Crippen LogP contribution in [0, 0.1) is 0 Å². The van der Waals surface area contributed by atoms with Gasteiger partial charge in [0.05, 0.1) is 44.3 Å². The van der Waals surface area contributed by atoms with Gasteiger partial charge in [0.1, 0.15) is 18.5 Å². The first-order valence-corrected chi connectivity index (χ1v) is 14.3. The standard InChI is InChI=1S/C31H46N2O6/c1-4-6-23-7-10-25(11-8-23)31-29(18-32-19-30(31)39-22-26(34)21-36-3)38-20-24-9-12-28-27(17-24)33(14-16-37-28)13-5-15-35-2/h7-12,17,26,29-32,34H,4-6,13-16,18-22H2,1-3H3/t26-,29+,30-,31-/m1/s1. The number of methoxy groups -OCH3 is 2. The second kappa shape index (κ2) is 15.6. The molecule has 8 heteroatoms. The highest BCUT2D eigenvalue weighted by molar-refractivity contribution is 5.61. The molecule has 2 N–H and O–H groups in total. The first kappa shape index (κ1) is 29.8. The van der Waals surface area contributed by atoms with Gasteiger partial charge in [-0.05, 0) is 41.7 Å². The van der Waals surface area contributed by atoms with Gasteiger partial charge >= 0.3 is 0 Å². The number of nitrogens with zero attached hydrogens (tertiary/aromatic N) is 1. The minimum absolute atomic E-state index is 0.0446. The van der Waals surface area contributed by atoms with Crippen LogP contribution in [0.4, 0.5) is 5.69 Å². The van der Waals surface area contributed by atoms with E-state index in [0.717, 1.165) is 62.5 Å². The molecule has 0 radical (unpaired) electrons. The molecule has 216 valence electrons. The van der Waals surface area contributed by atoms with Crippen molar-refractivity contribution in [2.45, 2.75) is 57.0 Å². The van der Waals surface area contributed by atoms with Gasteiger partial charge in [-0.3, -0.25) is 0 Å². The number of aliphatic hydroxyl groups excluding tert-OH is 1. The predicted molar refractivity (Wildman–Crippen MR) is 153 cm³/mol. The Morgan fingerprint density at radius 2 is 1.77 bits per heavy atom. The number of aliphatic hydroxyl groups is 1. The fraction of sp³-hybridized carbons (Fsp3) is 0.613. The summed E-state index contributed by atoms with van der Waals surface area (Å²) in [6, 6.07) is 15.2. The lowest BCUT2D eigenvalue weighted by Gasteiger charge is -2.39. The summed E-state index contributed by atoms with van der Waals surface area (Å²) >= 11 is 0. The van der Waals surface area contributed by atoms with E-state index in [1.807, 2.05) is 0 Å². The topological polar surface area (TPSA) is 81.7 Å². The number of hydrogen-bond acceptors (Lipinski definition) is 8. The van der Waals surface area contributed by atoms with E-state index >= 15 is 0 Å². The summed E-state index contributed by atoms with van der Waals surface area (Å²) in [5.74, 6) is 0.970. The molecule has 2 aliphatic heterocycles. The predicted octanol–water partition coefficient (Wildman–Crippen LogP) is 3.54. The molecule has 2 aromatic carbocycles. The molecule has 2 aromatic rings. The van der Waals surface area contributed by atoms with E-state index in [4.69, 9.17) is 23.7 Å². The van der Waals surface area contributed by atoms with Gasteiger partial charge in [0.2, 0.25) is 0 Å². The van der Waals surface area contributed by atoms with Gasteiger partial charge in [-0.15, -0.1) is 0 Å². The van der Waals surface area contributed by atoms with E-state index in [2.05, 4.69) is 59.6 Å². The maximum atomic E-state index is 10.2. The molecule has 0 aromatic heterocycles. The maximum absolute atomic E-state index is 10.2. The van der Waals surface area contributed by atoms with Crippen molar-refractivity contribution >= 4 is 5.69 Å². The molecule has 0 amide bonds. The van der Waals surface area contributed by atoms with Gasteiger partial charge < -0.3 is 39.0 Å². The lowest BCUT2D eigenvalue weighted by atomic mass is 9.84. The number of aryl methyl sites for hydroxylation is 1. The third-order valence-corrected chi connectivity index (χ3v) is 7.48. The Bertz CT molecular complexity index is 988. The Balaban J connectivity index is 1.48. The quantitative estimate of drug-likeness (QED) is 0.331. The van der Waals surface area contributed by atoms with Gasteiger partial charge in [-0.25, -0.2) is 0 Å². The molecule has 0 aliphatic carbocycles. The molecule has 1 saturated heterocycles. The number of nitrogens with one attached hydrogen (secondary N) is 1. The average molecular weight is 543 g/mol. The Kier molecular flexibility index (Phi) is 11.9. The Labute approximate surface area is 233 Å². The Hall–Kier alpha value is -2.20. The number of fused-ring (bicyclic) bond motifs is 1. The molecule has 0 unspecified atom stereocenters. The largest absolute Gasteiger partial charge is 0.490 e. The van der Waals surface area contributed by atoms with Crippen molar-refractivity contribution < 1.29 is 28.8 Å². The first-order valence-electron chi connectivity index (χ1n) is 14.3. The molecule has 4 rings (SSSR count). The molecule has 2 heterocycles. The highest BCUT2D eigenvalue weighted by Gasteiger charge is 2.36. The number of benzene rings is 2. The second-order valence-electron chi connectivity index (χ2n) is 10.5. The smallest absolute Gasteiger partial charge is 0.142 e. The van der Waals surface area contributed by atoms with Crippen LogP contribution in [0.2, 0.25) is 0 Å².